The van der Waals surface area contributed by atoms with Crippen LogP contribution < -0.4 is 0 Å². The van der Waals surface area contributed by atoms with Gasteiger partial charge in [0.2, 0.25) is 10.0 Å². The second kappa shape index (κ2) is 10.1. The van der Waals surface area contributed by atoms with E-state index in [0.29, 0.717) is 6.42 Å². The molecule has 5 nitrogen and oxygen atoms in total. The normalized spacial score (nSPS) is 14.2. The minimum atomic E-state index is -3.49. The molecule has 152 valence electrons. The van der Waals surface area contributed by atoms with E-state index in [-0.39, 0.29) is 33.4 Å². The SMILES string of the molecule is C.C.C.CC(C)(C)CCC(CS(C)(=O)=O)N(C(C)(C)C)S(C)(=O)=O. The Bertz CT molecular complexity index is 538. The van der Waals surface area contributed by atoms with E-state index in [2.05, 4.69) is 20.8 Å². The van der Waals surface area contributed by atoms with E-state index in [1.54, 1.807) is 20.8 Å². The summed E-state index contributed by atoms with van der Waals surface area (Å²) in [7, 11) is -6.76. The summed E-state index contributed by atoms with van der Waals surface area (Å²) >= 11 is 0. The third kappa shape index (κ3) is 13.2. The molecule has 0 aliphatic rings. The Kier molecular flexibility index (Phi) is 13.3. The first-order chi connectivity index (χ1) is 8.93. The van der Waals surface area contributed by atoms with Gasteiger partial charge in [-0.3, -0.25) is 0 Å². The summed E-state index contributed by atoms with van der Waals surface area (Å²) in [4.78, 5) is 0. The highest BCUT2D eigenvalue weighted by atomic mass is 32.2. The van der Waals surface area contributed by atoms with E-state index in [9.17, 15) is 16.8 Å². The molecule has 1 atom stereocenters. The Labute approximate surface area is 153 Å². The predicted octanol–water partition coefficient (Wildman–Crippen LogP) is 4.19. The molecule has 1 unspecified atom stereocenters. The molecule has 7 heteroatoms. The van der Waals surface area contributed by atoms with Crippen molar-refractivity contribution in [3.8, 4) is 0 Å². The average molecular weight is 390 g/mol. The molecule has 0 bridgehead atoms. The molecule has 0 aromatic rings. The number of sulfonamides is 1. The zero-order chi connectivity index (χ0) is 17.3. The van der Waals surface area contributed by atoms with Crippen molar-refractivity contribution in [2.24, 2.45) is 5.41 Å². The van der Waals surface area contributed by atoms with Crippen LogP contribution in [0, 0.1) is 5.41 Å². The van der Waals surface area contributed by atoms with Crippen molar-refractivity contribution in [3.63, 3.8) is 0 Å². The molecule has 0 aliphatic carbocycles. The van der Waals surface area contributed by atoms with Crippen LogP contribution in [0.25, 0.3) is 0 Å². The van der Waals surface area contributed by atoms with Gasteiger partial charge in [0, 0.05) is 17.8 Å². The summed E-state index contributed by atoms with van der Waals surface area (Å²) in [5.41, 5.74) is -0.627. The van der Waals surface area contributed by atoms with Gasteiger partial charge in [0.1, 0.15) is 9.84 Å². The molecule has 24 heavy (non-hydrogen) atoms. The topological polar surface area (TPSA) is 71.5 Å². The standard InChI is InChI=1S/C14H31NO4S2.3CH4/c1-13(2,3)10-9-12(11-20(7,16)17)15(14(4,5)6)21(8,18)19;;;/h12H,9-11H2,1-8H3;3*1H4. The lowest BCUT2D eigenvalue weighted by molar-refractivity contribution is 0.180. The Balaban J connectivity index is -0.000000667. The molecule has 0 aromatic carbocycles. The van der Waals surface area contributed by atoms with Gasteiger partial charge >= 0.3 is 0 Å². The first-order valence-electron chi connectivity index (χ1n) is 7.11. The Hall–Kier alpha value is -0.140. The summed E-state index contributed by atoms with van der Waals surface area (Å²) in [5.74, 6) is -0.145. The summed E-state index contributed by atoms with van der Waals surface area (Å²) in [6, 6.07) is -0.533. The largest absolute Gasteiger partial charge is 0.229 e. The molecular formula is C17H43NO4S2. The number of hydrogen-bond acceptors (Lipinski definition) is 4. The van der Waals surface area contributed by atoms with Gasteiger partial charge in [-0.1, -0.05) is 43.1 Å². The van der Waals surface area contributed by atoms with Gasteiger partial charge in [0.15, 0.2) is 0 Å². The fraction of sp³-hybridized carbons (Fsp3) is 1.00. The highest BCUT2D eigenvalue weighted by Crippen LogP contribution is 2.29. The summed E-state index contributed by atoms with van der Waals surface area (Å²) in [6.07, 6.45) is 3.58. The van der Waals surface area contributed by atoms with Gasteiger partial charge in [-0.05, 0) is 39.0 Å². The first kappa shape index (κ1) is 31.6. The van der Waals surface area contributed by atoms with E-state index < -0.39 is 31.4 Å². The molecule has 0 heterocycles. The summed E-state index contributed by atoms with van der Waals surface area (Å²) in [6.45, 7) is 11.6. The van der Waals surface area contributed by atoms with Crippen molar-refractivity contribution in [3.05, 3.63) is 0 Å². The van der Waals surface area contributed by atoms with Crippen LogP contribution in [-0.2, 0) is 19.9 Å². The molecular weight excluding hydrogens is 346 g/mol. The third-order valence-electron chi connectivity index (χ3n) is 3.07. The Morgan fingerprint density at radius 1 is 0.833 bits per heavy atom. The molecule has 0 fully saturated rings. The van der Waals surface area contributed by atoms with Gasteiger partial charge in [-0.25, -0.2) is 16.8 Å². The Morgan fingerprint density at radius 3 is 1.42 bits per heavy atom. The monoisotopic (exact) mass is 389 g/mol. The lowest BCUT2D eigenvalue weighted by Crippen LogP contribution is -2.53. The minimum absolute atomic E-state index is 0. The van der Waals surface area contributed by atoms with E-state index >= 15 is 0 Å². The van der Waals surface area contributed by atoms with Gasteiger partial charge in [0.25, 0.3) is 0 Å². The maximum absolute atomic E-state index is 12.2. The molecule has 0 radical (unpaired) electrons. The van der Waals surface area contributed by atoms with E-state index in [4.69, 9.17) is 0 Å². The van der Waals surface area contributed by atoms with E-state index in [1.807, 2.05) is 0 Å². The maximum Gasteiger partial charge on any atom is 0.211 e. The third-order valence-corrected chi connectivity index (χ3v) is 5.62. The zero-order valence-corrected chi connectivity index (χ0v) is 16.2. The first-order valence-corrected chi connectivity index (χ1v) is 11.0. The van der Waals surface area contributed by atoms with Crippen molar-refractivity contribution in [1.82, 2.24) is 4.31 Å². The second-order valence-electron chi connectivity index (χ2n) is 8.08. The molecule has 0 aliphatic heterocycles. The lowest BCUT2D eigenvalue weighted by atomic mass is 9.88. The number of hydrogen-bond donors (Lipinski definition) is 0. The smallest absolute Gasteiger partial charge is 0.211 e. The lowest BCUT2D eigenvalue weighted by Gasteiger charge is -2.40. The van der Waals surface area contributed by atoms with Crippen molar-refractivity contribution in [2.45, 2.75) is 88.2 Å². The number of sulfone groups is 1. The number of rotatable bonds is 6. The summed E-state index contributed by atoms with van der Waals surface area (Å²) < 4.78 is 49.1. The van der Waals surface area contributed by atoms with Crippen molar-refractivity contribution < 1.29 is 16.8 Å². The molecule has 0 N–H and O–H groups in total. The van der Waals surface area contributed by atoms with Crippen LogP contribution in [0.5, 0.6) is 0 Å². The van der Waals surface area contributed by atoms with Gasteiger partial charge in [0.05, 0.1) is 12.0 Å². The molecule has 0 rings (SSSR count). The Morgan fingerprint density at radius 2 is 1.21 bits per heavy atom. The van der Waals surface area contributed by atoms with Crippen LogP contribution in [0.15, 0.2) is 0 Å². The van der Waals surface area contributed by atoms with Crippen molar-refractivity contribution >= 4 is 19.9 Å². The van der Waals surface area contributed by atoms with Crippen LogP contribution in [0.4, 0.5) is 0 Å². The van der Waals surface area contributed by atoms with Crippen LogP contribution in [0.2, 0.25) is 0 Å². The van der Waals surface area contributed by atoms with Crippen LogP contribution in [0.1, 0.15) is 76.7 Å². The molecule has 0 saturated carbocycles. The van der Waals surface area contributed by atoms with E-state index in [0.717, 1.165) is 18.9 Å². The predicted molar refractivity (Wildman–Crippen MR) is 109 cm³/mol. The van der Waals surface area contributed by atoms with Crippen molar-refractivity contribution in [2.75, 3.05) is 18.3 Å². The molecule has 0 saturated heterocycles. The molecule has 0 spiro atoms. The fourth-order valence-electron chi connectivity index (χ4n) is 2.53. The van der Waals surface area contributed by atoms with Crippen LogP contribution in [0.3, 0.4) is 0 Å². The van der Waals surface area contributed by atoms with Crippen LogP contribution >= 0.6 is 0 Å². The fourth-order valence-corrected chi connectivity index (χ4v) is 5.36. The maximum atomic E-state index is 12.2. The summed E-state index contributed by atoms with van der Waals surface area (Å²) in [5, 5.41) is 0. The molecule has 0 amide bonds. The highest BCUT2D eigenvalue weighted by molar-refractivity contribution is 7.91. The molecule has 0 aromatic heterocycles. The van der Waals surface area contributed by atoms with Crippen LogP contribution in [-0.4, -0.2) is 51.0 Å². The van der Waals surface area contributed by atoms with Crippen molar-refractivity contribution in [1.29, 1.82) is 0 Å². The zero-order valence-electron chi connectivity index (χ0n) is 14.6. The van der Waals surface area contributed by atoms with Gasteiger partial charge in [-0.15, -0.1) is 0 Å². The second-order valence-corrected chi connectivity index (χ2v) is 12.1. The van der Waals surface area contributed by atoms with Gasteiger partial charge in [-0.2, -0.15) is 4.31 Å². The van der Waals surface area contributed by atoms with Gasteiger partial charge < -0.3 is 0 Å². The van der Waals surface area contributed by atoms with E-state index in [1.165, 1.54) is 4.31 Å². The minimum Gasteiger partial charge on any atom is -0.229 e. The average Bonchev–Trinajstić information content (AvgIpc) is 2.05. The quantitative estimate of drug-likeness (QED) is 0.682. The highest BCUT2D eigenvalue weighted by Gasteiger charge is 2.37. The number of nitrogens with zero attached hydrogens (tertiary/aromatic N) is 1.